The number of nitrogen functional groups attached to an aromatic ring is 1. The van der Waals surface area contributed by atoms with Gasteiger partial charge in [-0.3, -0.25) is 0 Å². The SMILES string of the molecule is Cc1cccc(Cc2noc(-c3csc(N)n3)n2)c1. The van der Waals surface area contributed by atoms with E-state index in [1.807, 2.05) is 12.1 Å². The second kappa shape index (κ2) is 4.81. The van der Waals surface area contributed by atoms with Crippen molar-refractivity contribution < 1.29 is 4.52 Å². The largest absolute Gasteiger partial charge is 0.375 e. The van der Waals surface area contributed by atoms with E-state index in [-0.39, 0.29) is 0 Å². The molecule has 3 aromatic rings. The fourth-order valence-corrected chi connectivity index (χ4v) is 2.36. The van der Waals surface area contributed by atoms with Gasteiger partial charge in [-0.1, -0.05) is 35.0 Å². The zero-order valence-corrected chi connectivity index (χ0v) is 11.1. The fourth-order valence-electron chi connectivity index (χ4n) is 1.82. The van der Waals surface area contributed by atoms with E-state index in [0.717, 1.165) is 5.56 Å². The molecule has 6 heteroatoms. The predicted molar refractivity (Wildman–Crippen MR) is 73.8 cm³/mol. The van der Waals surface area contributed by atoms with E-state index < -0.39 is 0 Å². The summed E-state index contributed by atoms with van der Waals surface area (Å²) in [6.07, 6.45) is 0.644. The van der Waals surface area contributed by atoms with Crippen molar-refractivity contribution in [2.45, 2.75) is 13.3 Å². The third-order valence-corrected chi connectivity index (χ3v) is 3.33. The molecule has 0 spiro atoms. The van der Waals surface area contributed by atoms with Crippen LogP contribution in [0, 0.1) is 6.92 Å². The van der Waals surface area contributed by atoms with Crippen LogP contribution >= 0.6 is 11.3 Å². The van der Waals surface area contributed by atoms with Gasteiger partial charge in [0.2, 0.25) is 0 Å². The number of aryl methyl sites for hydroxylation is 1. The highest BCUT2D eigenvalue weighted by Crippen LogP contribution is 2.21. The molecule has 0 amide bonds. The maximum atomic E-state index is 5.58. The summed E-state index contributed by atoms with van der Waals surface area (Å²) in [6, 6.07) is 8.23. The van der Waals surface area contributed by atoms with E-state index in [9.17, 15) is 0 Å². The van der Waals surface area contributed by atoms with Crippen LogP contribution in [0.5, 0.6) is 0 Å². The van der Waals surface area contributed by atoms with E-state index in [2.05, 4.69) is 34.2 Å². The minimum Gasteiger partial charge on any atom is -0.375 e. The van der Waals surface area contributed by atoms with Gasteiger partial charge in [0.15, 0.2) is 11.0 Å². The van der Waals surface area contributed by atoms with Crippen molar-refractivity contribution >= 4 is 16.5 Å². The molecule has 2 aromatic heterocycles. The lowest BCUT2D eigenvalue weighted by Crippen LogP contribution is -1.91. The van der Waals surface area contributed by atoms with Crippen molar-refractivity contribution in [1.29, 1.82) is 0 Å². The summed E-state index contributed by atoms with van der Waals surface area (Å²) < 4.78 is 5.19. The molecule has 0 aliphatic heterocycles. The molecule has 19 heavy (non-hydrogen) atoms. The molecule has 0 saturated carbocycles. The third kappa shape index (κ3) is 2.63. The standard InChI is InChI=1S/C13H12N4OS/c1-8-3-2-4-9(5-8)6-11-16-12(18-17-11)10-7-19-13(14)15-10/h2-5,7H,6H2,1H3,(H2,14,15). The van der Waals surface area contributed by atoms with Crippen LogP contribution in [-0.4, -0.2) is 15.1 Å². The van der Waals surface area contributed by atoms with Crippen molar-refractivity contribution in [2.24, 2.45) is 0 Å². The van der Waals surface area contributed by atoms with Crippen LogP contribution in [0.2, 0.25) is 0 Å². The van der Waals surface area contributed by atoms with Gasteiger partial charge >= 0.3 is 0 Å². The summed E-state index contributed by atoms with van der Waals surface area (Å²) >= 11 is 1.35. The number of hydrogen-bond donors (Lipinski definition) is 1. The average molecular weight is 272 g/mol. The van der Waals surface area contributed by atoms with Crippen LogP contribution in [0.25, 0.3) is 11.6 Å². The first-order chi connectivity index (χ1) is 9.20. The van der Waals surface area contributed by atoms with Gasteiger partial charge in [0.25, 0.3) is 5.89 Å². The first-order valence-corrected chi connectivity index (χ1v) is 6.68. The van der Waals surface area contributed by atoms with E-state index >= 15 is 0 Å². The maximum Gasteiger partial charge on any atom is 0.277 e. The average Bonchev–Trinajstić information content (AvgIpc) is 2.98. The number of benzene rings is 1. The van der Waals surface area contributed by atoms with Crippen LogP contribution in [0.1, 0.15) is 17.0 Å². The Morgan fingerprint density at radius 2 is 2.21 bits per heavy atom. The summed E-state index contributed by atoms with van der Waals surface area (Å²) in [5.41, 5.74) is 8.58. The zero-order chi connectivity index (χ0) is 13.2. The lowest BCUT2D eigenvalue weighted by Gasteiger charge is -1.97. The smallest absolute Gasteiger partial charge is 0.277 e. The molecule has 0 fully saturated rings. The molecule has 0 saturated heterocycles. The maximum absolute atomic E-state index is 5.58. The molecule has 0 unspecified atom stereocenters. The third-order valence-electron chi connectivity index (χ3n) is 2.65. The zero-order valence-electron chi connectivity index (χ0n) is 10.3. The Kier molecular flexibility index (Phi) is 3.00. The van der Waals surface area contributed by atoms with Crippen LogP contribution < -0.4 is 5.73 Å². The Labute approximate surface area is 114 Å². The Bertz CT molecular complexity index is 704. The van der Waals surface area contributed by atoms with Crippen molar-refractivity contribution in [3.8, 4) is 11.6 Å². The number of nitrogens with zero attached hydrogens (tertiary/aromatic N) is 3. The number of rotatable bonds is 3. The van der Waals surface area contributed by atoms with Gasteiger partial charge in [0, 0.05) is 11.8 Å². The predicted octanol–water partition coefficient (Wildman–Crippen LogP) is 2.67. The summed E-state index contributed by atoms with van der Waals surface area (Å²) in [6.45, 7) is 2.06. The molecule has 2 N–H and O–H groups in total. The quantitative estimate of drug-likeness (QED) is 0.793. The lowest BCUT2D eigenvalue weighted by atomic mass is 10.1. The van der Waals surface area contributed by atoms with E-state index in [4.69, 9.17) is 10.3 Å². The lowest BCUT2D eigenvalue weighted by molar-refractivity contribution is 0.423. The normalized spacial score (nSPS) is 10.8. The van der Waals surface area contributed by atoms with Crippen molar-refractivity contribution in [1.82, 2.24) is 15.1 Å². The van der Waals surface area contributed by atoms with E-state index in [1.54, 1.807) is 5.38 Å². The van der Waals surface area contributed by atoms with Crippen molar-refractivity contribution in [3.63, 3.8) is 0 Å². The van der Waals surface area contributed by atoms with E-state index in [0.29, 0.717) is 29.0 Å². The Morgan fingerprint density at radius 1 is 1.32 bits per heavy atom. The minimum absolute atomic E-state index is 0.413. The van der Waals surface area contributed by atoms with Gasteiger partial charge in [0.05, 0.1) is 0 Å². The van der Waals surface area contributed by atoms with Gasteiger partial charge in [-0.2, -0.15) is 4.98 Å². The second-order valence-corrected chi connectivity index (χ2v) is 5.14. The Morgan fingerprint density at radius 3 is 2.95 bits per heavy atom. The molecule has 0 aliphatic rings. The van der Waals surface area contributed by atoms with Crippen molar-refractivity contribution in [2.75, 3.05) is 5.73 Å². The molecule has 0 aliphatic carbocycles. The number of aromatic nitrogens is 3. The first kappa shape index (κ1) is 11.9. The summed E-state index contributed by atoms with van der Waals surface area (Å²) in [7, 11) is 0. The van der Waals surface area contributed by atoms with E-state index in [1.165, 1.54) is 16.9 Å². The minimum atomic E-state index is 0.413. The molecule has 3 rings (SSSR count). The highest BCUT2D eigenvalue weighted by molar-refractivity contribution is 7.13. The van der Waals surface area contributed by atoms with Crippen LogP contribution in [0.3, 0.4) is 0 Å². The Hall–Kier alpha value is -2.21. The van der Waals surface area contributed by atoms with Crippen LogP contribution in [0.15, 0.2) is 34.2 Å². The number of hydrogen-bond acceptors (Lipinski definition) is 6. The Balaban J connectivity index is 1.82. The molecule has 96 valence electrons. The van der Waals surface area contributed by atoms with Gasteiger partial charge in [-0.25, -0.2) is 4.98 Å². The fraction of sp³-hybridized carbons (Fsp3) is 0.154. The number of nitrogens with two attached hydrogens (primary N) is 1. The molecule has 0 atom stereocenters. The summed E-state index contributed by atoms with van der Waals surface area (Å²) in [5.74, 6) is 1.06. The summed E-state index contributed by atoms with van der Waals surface area (Å²) in [5, 5.41) is 6.26. The molecule has 5 nitrogen and oxygen atoms in total. The summed E-state index contributed by atoms with van der Waals surface area (Å²) in [4.78, 5) is 8.45. The molecule has 1 aromatic carbocycles. The molecular formula is C13H12N4OS. The van der Waals surface area contributed by atoms with Crippen LogP contribution in [-0.2, 0) is 6.42 Å². The number of thiazole rings is 1. The molecule has 2 heterocycles. The van der Waals surface area contributed by atoms with Gasteiger partial charge in [0.1, 0.15) is 5.69 Å². The second-order valence-electron chi connectivity index (χ2n) is 4.25. The molecule has 0 bridgehead atoms. The highest BCUT2D eigenvalue weighted by Gasteiger charge is 2.12. The topological polar surface area (TPSA) is 77.8 Å². The first-order valence-electron chi connectivity index (χ1n) is 5.80. The highest BCUT2D eigenvalue weighted by atomic mass is 32.1. The van der Waals surface area contributed by atoms with Gasteiger partial charge in [-0.15, -0.1) is 11.3 Å². The van der Waals surface area contributed by atoms with Gasteiger partial charge < -0.3 is 10.3 Å². The van der Waals surface area contributed by atoms with Crippen molar-refractivity contribution in [3.05, 3.63) is 46.6 Å². The monoisotopic (exact) mass is 272 g/mol. The van der Waals surface area contributed by atoms with Crippen LogP contribution in [0.4, 0.5) is 5.13 Å². The molecular weight excluding hydrogens is 260 g/mol. The number of anilines is 1. The molecule has 0 radical (unpaired) electrons. The van der Waals surface area contributed by atoms with Gasteiger partial charge in [-0.05, 0) is 12.5 Å².